The van der Waals surface area contributed by atoms with Gasteiger partial charge in [0.05, 0.1) is 17.2 Å². The van der Waals surface area contributed by atoms with Crippen LogP contribution >= 0.6 is 0 Å². The molecule has 13 nitrogen and oxygen atoms in total. The predicted octanol–water partition coefficient (Wildman–Crippen LogP) is 1.50. The second-order valence-corrected chi connectivity index (χ2v) is 12.5. The van der Waals surface area contributed by atoms with E-state index in [1.54, 1.807) is 35.0 Å². The lowest BCUT2D eigenvalue weighted by Crippen LogP contribution is -2.56. The largest absolute Gasteiger partial charge is 0.487 e. The quantitative estimate of drug-likeness (QED) is 0.207. The number of nitrogens with one attached hydrogen (secondary N) is 1. The minimum Gasteiger partial charge on any atom is -0.487 e. The van der Waals surface area contributed by atoms with Crippen molar-refractivity contribution in [2.75, 3.05) is 50.6 Å². The molecule has 1 saturated heterocycles. The van der Waals surface area contributed by atoms with Gasteiger partial charge in [0.15, 0.2) is 23.0 Å². The first kappa shape index (κ1) is 30.4. The van der Waals surface area contributed by atoms with E-state index in [-0.39, 0.29) is 23.0 Å². The maximum absolute atomic E-state index is 15.5. The van der Waals surface area contributed by atoms with E-state index in [9.17, 15) is 4.79 Å². The van der Waals surface area contributed by atoms with Crippen molar-refractivity contribution < 1.29 is 18.7 Å². The van der Waals surface area contributed by atoms with Crippen molar-refractivity contribution in [1.29, 1.82) is 0 Å². The SMILES string of the molecule is BC(B)(/C=C/C(=O)N1CCN2C[C@H]1COc1cc3ncnc(Nc4cc(C)c(Oc5ccn6ncnc6c5)cc4F)c3nc12)N(C)C. The van der Waals surface area contributed by atoms with Gasteiger partial charge in [-0.3, -0.25) is 4.79 Å². The van der Waals surface area contributed by atoms with Crippen molar-refractivity contribution >= 4 is 55.6 Å². The zero-order chi connectivity index (χ0) is 32.9. The summed E-state index contributed by atoms with van der Waals surface area (Å²) in [6.45, 7) is 3.84. The summed E-state index contributed by atoms with van der Waals surface area (Å²) >= 11 is 0. The Hall–Kier alpha value is -5.24. The molecule has 1 amide bonds. The number of aromatic nitrogens is 6. The summed E-state index contributed by atoms with van der Waals surface area (Å²) in [6, 6.07) is 8.13. The molecule has 1 aromatic carbocycles. The Kier molecular flexibility index (Phi) is 7.66. The fourth-order valence-corrected chi connectivity index (χ4v) is 5.55. The number of anilines is 3. The van der Waals surface area contributed by atoms with Crippen LogP contribution < -0.4 is 19.7 Å². The Morgan fingerprint density at radius 3 is 2.85 bits per heavy atom. The molecule has 2 bridgehead atoms. The van der Waals surface area contributed by atoms with E-state index in [4.69, 9.17) is 14.5 Å². The smallest absolute Gasteiger partial charge is 0.246 e. The molecular formula is C31H33B2FN10O3. The lowest BCUT2D eigenvalue weighted by Gasteiger charge is -2.39. The van der Waals surface area contributed by atoms with E-state index >= 15 is 4.39 Å². The molecule has 1 fully saturated rings. The molecule has 0 aliphatic carbocycles. The van der Waals surface area contributed by atoms with Crippen LogP contribution in [0.2, 0.25) is 0 Å². The number of fused-ring (bicyclic) bond motifs is 6. The van der Waals surface area contributed by atoms with Gasteiger partial charge in [0, 0.05) is 44.0 Å². The zero-order valence-corrected chi connectivity index (χ0v) is 26.8. The molecule has 4 aromatic heterocycles. The number of likely N-dealkylation sites (N-methyl/N-ethyl adjacent to an activating group) is 1. The molecule has 0 unspecified atom stereocenters. The van der Waals surface area contributed by atoms with Crippen LogP contribution in [0.5, 0.6) is 17.2 Å². The molecule has 7 rings (SSSR count). The number of pyridine rings is 2. The summed E-state index contributed by atoms with van der Waals surface area (Å²) in [7, 11) is 8.09. The van der Waals surface area contributed by atoms with E-state index in [0.717, 1.165) is 0 Å². The summed E-state index contributed by atoms with van der Waals surface area (Å²) in [5.41, 5.74) is 2.56. The van der Waals surface area contributed by atoms with E-state index in [0.29, 0.717) is 77.4 Å². The van der Waals surface area contributed by atoms with Gasteiger partial charge in [-0.25, -0.2) is 28.8 Å². The molecule has 16 heteroatoms. The highest BCUT2D eigenvalue weighted by Gasteiger charge is 2.35. The number of carbonyl (C=O) groups is 1. The molecule has 238 valence electrons. The van der Waals surface area contributed by atoms with E-state index < -0.39 is 5.82 Å². The van der Waals surface area contributed by atoms with Crippen LogP contribution in [-0.2, 0) is 4.79 Å². The first-order chi connectivity index (χ1) is 22.6. The number of carbonyl (C=O) groups excluding carboxylic acids is 1. The number of amides is 1. The standard InChI is InChI=1S/C31H33B2FN10O3/c1-18-10-22(21(34)12-24(18)47-20-5-7-44-26(11-20)36-17-38-44)39-29-28-23(35-16-37-29)13-25-30(40-28)42-8-9-43(19(14-42)15-46-25)27(45)4-6-31(32,33)41(2)3/h4-7,10-13,16-17,19H,8-9,14-15,32-33H2,1-3H3,(H,35,37,39)/b6-4+/t19-/m0/s1. The van der Waals surface area contributed by atoms with Crippen molar-refractivity contribution in [3.8, 4) is 17.2 Å². The molecule has 1 N–H and O–H groups in total. The number of ether oxygens (including phenoxy) is 2. The fourth-order valence-electron chi connectivity index (χ4n) is 5.55. The average molecular weight is 634 g/mol. The van der Waals surface area contributed by atoms with Gasteiger partial charge in [-0.2, -0.15) is 5.10 Å². The number of halogens is 1. The Morgan fingerprint density at radius 1 is 1.17 bits per heavy atom. The third-order valence-corrected chi connectivity index (χ3v) is 8.84. The number of hydrogen-bond donors (Lipinski definition) is 1. The molecule has 2 aliphatic rings. The number of rotatable bonds is 7. The number of benzene rings is 1. The van der Waals surface area contributed by atoms with Crippen LogP contribution in [0.25, 0.3) is 16.7 Å². The minimum atomic E-state index is -0.523. The van der Waals surface area contributed by atoms with E-state index in [1.807, 2.05) is 38.1 Å². The third kappa shape index (κ3) is 5.91. The zero-order valence-electron chi connectivity index (χ0n) is 26.8. The summed E-state index contributed by atoms with van der Waals surface area (Å²) in [4.78, 5) is 37.2. The monoisotopic (exact) mass is 634 g/mol. The molecule has 5 aromatic rings. The van der Waals surface area contributed by atoms with Crippen LogP contribution in [0, 0.1) is 12.7 Å². The van der Waals surface area contributed by atoms with Gasteiger partial charge >= 0.3 is 0 Å². The number of aryl methyl sites for hydroxylation is 1. The molecule has 1 atom stereocenters. The highest BCUT2D eigenvalue weighted by Crippen LogP contribution is 2.37. The van der Waals surface area contributed by atoms with Gasteiger partial charge in [-0.15, -0.1) is 0 Å². The van der Waals surface area contributed by atoms with Gasteiger partial charge in [0.1, 0.15) is 57.8 Å². The topological polar surface area (TPSA) is 126 Å². The fraction of sp³-hybridized carbons (Fsp3) is 0.290. The third-order valence-electron chi connectivity index (χ3n) is 8.84. The number of hydrogen-bond acceptors (Lipinski definition) is 11. The minimum absolute atomic E-state index is 0.0419. The lowest BCUT2D eigenvalue weighted by molar-refractivity contribution is -0.129. The summed E-state index contributed by atoms with van der Waals surface area (Å²) < 4.78 is 29.3. The van der Waals surface area contributed by atoms with Crippen molar-refractivity contribution in [1.82, 2.24) is 39.3 Å². The first-order valence-corrected chi connectivity index (χ1v) is 15.3. The molecule has 0 spiro atoms. The van der Waals surface area contributed by atoms with Crippen LogP contribution in [0.1, 0.15) is 5.56 Å². The second-order valence-electron chi connectivity index (χ2n) is 12.5. The van der Waals surface area contributed by atoms with Crippen LogP contribution in [0.15, 0.2) is 61.3 Å². The summed E-state index contributed by atoms with van der Waals surface area (Å²) in [5.74, 6) is 1.89. The molecule has 47 heavy (non-hydrogen) atoms. The molecule has 0 radical (unpaired) electrons. The maximum Gasteiger partial charge on any atom is 0.246 e. The summed E-state index contributed by atoms with van der Waals surface area (Å²) in [5, 5.41) is 6.94. The van der Waals surface area contributed by atoms with Crippen molar-refractivity contribution in [2.45, 2.75) is 18.3 Å². The summed E-state index contributed by atoms with van der Waals surface area (Å²) in [6.07, 6.45) is 8.17. The number of piperazine rings is 1. The molecule has 2 aliphatic heterocycles. The van der Waals surface area contributed by atoms with Gasteiger partial charge in [-0.05, 0) is 50.1 Å². The Morgan fingerprint density at radius 2 is 2.02 bits per heavy atom. The van der Waals surface area contributed by atoms with Crippen LogP contribution in [0.4, 0.5) is 21.7 Å². The first-order valence-electron chi connectivity index (χ1n) is 15.3. The van der Waals surface area contributed by atoms with Crippen LogP contribution in [0.3, 0.4) is 0 Å². The molecule has 6 heterocycles. The number of nitrogens with zero attached hydrogens (tertiary/aromatic N) is 9. The second kappa shape index (κ2) is 11.8. The van der Waals surface area contributed by atoms with Gasteiger partial charge in [0.2, 0.25) is 5.91 Å². The average Bonchev–Trinajstić information content (AvgIpc) is 3.47. The van der Waals surface area contributed by atoms with Crippen molar-refractivity contribution in [3.63, 3.8) is 0 Å². The lowest BCUT2D eigenvalue weighted by atomic mass is 9.61. The van der Waals surface area contributed by atoms with Crippen LogP contribution in [-0.4, -0.2) is 113 Å². The molecular weight excluding hydrogens is 601 g/mol. The normalized spacial score (nSPS) is 16.4. The maximum atomic E-state index is 15.5. The Bertz CT molecular complexity index is 2040. The van der Waals surface area contributed by atoms with Gasteiger partial charge < -0.3 is 29.5 Å². The van der Waals surface area contributed by atoms with E-state index in [1.165, 1.54) is 18.7 Å². The van der Waals surface area contributed by atoms with E-state index in [2.05, 4.69) is 50.9 Å². The Balaban J connectivity index is 1.12. The van der Waals surface area contributed by atoms with Crippen molar-refractivity contribution in [3.05, 3.63) is 72.7 Å². The Labute approximate surface area is 272 Å². The predicted molar refractivity (Wildman–Crippen MR) is 181 cm³/mol. The highest BCUT2D eigenvalue weighted by atomic mass is 19.1. The van der Waals surface area contributed by atoms with Crippen molar-refractivity contribution in [2.24, 2.45) is 0 Å². The molecule has 0 saturated carbocycles. The van der Waals surface area contributed by atoms with Gasteiger partial charge in [0.25, 0.3) is 0 Å². The van der Waals surface area contributed by atoms with Gasteiger partial charge in [-0.1, -0.05) is 6.08 Å². The highest BCUT2D eigenvalue weighted by molar-refractivity contribution is 6.41.